The van der Waals surface area contributed by atoms with Gasteiger partial charge in [0, 0.05) is 12.7 Å². The number of rotatable bonds is 3. The maximum atomic E-state index is 13.3. The molecule has 0 atom stereocenters. The number of fused-ring (bicyclic) bond motifs is 2. The molecule has 0 unspecified atom stereocenters. The molecule has 0 saturated carbocycles. The molecule has 1 heterocycles. The third kappa shape index (κ3) is 3.55. The van der Waals surface area contributed by atoms with Gasteiger partial charge in [-0.05, 0) is 80.3 Å². The Bertz CT molecular complexity index is 1300. The minimum Gasteiger partial charge on any atom is -0.454 e. The summed E-state index contributed by atoms with van der Waals surface area (Å²) in [7, 11) is -2.19. The van der Waals surface area contributed by atoms with E-state index in [-0.39, 0.29) is 16.4 Å². The minimum absolute atomic E-state index is 0.270. The predicted octanol–water partition coefficient (Wildman–Crippen LogP) is 5.10. The molecule has 6 nitrogen and oxygen atoms in total. The summed E-state index contributed by atoms with van der Waals surface area (Å²) in [5, 5.41) is 0. The first kappa shape index (κ1) is 20.9. The van der Waals surface area contributed by atoms with E-state index in [1.807, 2.05) is 32.0 Å². The number of benzene rings is 3. The summed E-state index contributed by atoms with van der Waals surface area (Å²) in [6, 6.07) is 14.0. The molecule has 31 heavy (non-hydrogen) atoms. The molecule has 4 rings (SSSR count). The minimum atomic E-state index is -3.86. The summed E-state index contributed by atoms with van der Waals surface area (Å²) < 4.78 is 35.1. The lowest BCUT2D eigenvalue weighted by Crippen LogP contribution is -2.25. The highest BCUT2D eigenvalue weighted by molar-refractivity contribution is 7.92. The van der Waals surface area contributed by atoms with Crippen molar-refractivity contribution < 1.29 is 17.9 Å². The van der Waals surface area contributed by atoms with E-state index in [0.29, 0.717) is 34.0 Å². The van der Waals surface area contributed by atoms with Gasteiger partial charge in [-0.25, -0.2) is 8.42 Å². The lowest BCUT2D eigenvalue weighted by molar-refractivity contribution is 0.0993. The molecule has 1 N–H and O–H groups in total. The van der Waals surface area contributed by atoms with Crippen molar-refractivity contribution >= 4 is 27.3 Å². The Morgan fingerprint density at radius 2 is 1.52 bits per heavy atom. The van der Waals surface area contributed by atoms with Crippen molar-refractivity contribution in [2.45, 2.75) is 32.6 Å². The van der Waals surface area contributed by atoms with Crippen LogP contribution in [0.15, 0.2) is 53.4 Å². The van der Waals surface area contributed by atoms with E-state index in [1.54, 1.807) is 45.2 Å². The number of nitrogens with one attached hydrogen (secondary N) is 1. The molecule has 0 radical (unpaired) electrons. The fraction of sp³-hybridized carbons (Fsp3) is 0.208. The quantitative estimate of drug-likeness (QED) is 0.620. The van der Waals surface area contributed by atoms with Gasteiger partial charge in [-0.1, -0.05) is 18.2 Å². The highest BCUT2D eigenvalue weighted by Crippen LogP contribution is 2.39. The highest BCUT2D eigenvalue weighted by Gasteiger charge is 2.27. The highest BCUT2D eigenvalue weighted by atomic mass is 32.2. The number of aryl methyl sites for hydroxylation is 2. The van der Waals surface area contributed by atoms with Gasteiger partial charge in [-0.2, -0.15) is 0 Å². The summed E-state index contributed by atoms with van der Waals surface area (Å²) in [4.78, 5) is 14.8. The summed E-state index contributed by atoms with van der Waals surface area (Å²) in [5.74, 6) is 0.662. The van der Waals surface area contributed by atoms with Gasteiger partial charge < -0.3 is 9.64 Å². The van der Waals surface area contributed by atoms with Gasteiger partial charge in [0.2, 0.25) is 0 Å². The van der Waals surface area contributed by atoms with Gasteiger partial charge >= 0.3 is 0 Å². The van der Waals surface area contributed by atoms with Crippen LogP contribution in [0.4, 0.5) is 11.4 Å². The van der Waals surface area contributed by atoms with Crippen LogP contribution in [0.5, 0.6) is 11.5 Å². The van der Waals surface area contributed by atoms with Gasteiger partial charge in [0.25, 0.3) is 15.9 Å². The second-order valence-electron chi connectivity index (χ2n) is 7.84. The molecule has 0 spiro atoms. The fourth-order valence-electron chi connectivity index (χ4n) is 3.87. The first-order valence-electron chi connectivity index (χ1n) is 9.89. The number of hydrogen-bond acceptors (Lipinski definition) is 4. The molecule has 0 bridgehead atoms. The molecular formula is C24H24N2O4S. The van der Waals surface area contributed by atoms with Crippen molar-refractivity contribution in [2.75, 3.05) is 16.7 Å². The molecule has 1 aliphatic heterocycles. The largest absolute Gasteiger partial charge is 0.454 e. The Morgan fingerprint density at radius 3 is 2.19 bits per heavy atom. The normalized spacial score (nSPS) is 13.2. The van der Waals surface area contributed by atoms with Crippen LogP contribution >= 0.6 is 0 Å². The van der Waals surface area contributed by atoms with E-state index in [0.717, 1.165) is 11.1 Å². The topological polar surface area (TPSA) is 75.7 Å². The van der Waals surface area contributed by atoms with E-state index in [1.165, 1.54) is 11.0 Å². The van der Waals surface area contributed by atoms with Crippen molar-refractivity contribution in [1.82, 2.24) is 0 Å². The van der Waals surface area contributed by atoms with Crippen LogP contribution in [-0.4, -0.2) is 21.4 Å². The molecule has 0 aromatic heterocycles. The van der Waals surface area contributed by atoms with Crippen molar-refractivity contribution in [3.63, 3.8) is 0 Å². The van der Waals surface area contributed by atoms with Crippen molar-refractivity contribution in [3.05, 3.63) is 76.3 Å². The van der Waals surface area contributed by atoms with Crippen molar-refractivity contribution in [3.8, 4) is 11.5 Å². The molecule has 7 heteroatoms. The summed E-state index contributed by atoms with van der Waals surface area (Å²) in [5.41, 5.74) is 4.47. The van der Waals surface area contributed by atoms with Crippen LogP contribution in [-0.2, 0) is 10.0 Å². The number of para-hydroxylation sites is 2. The van der Waals surface area contributed by atoms with E-state index in [4.69, 9.17) is 4.74 Å². The SMILES string of the molecule is Cc1cc(C)c(C)c(S(=O)(=O)Nc2ccc3c(c2)C(=O)N(C)c2ccccc2O3)c1C. The van der Waals surface area contributed by atoms with E-state index in [2.05, 4.69) is 4.72 Å². The molecule has 1 aliphatic rings. The Hall–Kier alpha value is -3.32. The van der Waals surface area contributed by atoms with Crippen LogP contribution in [0.2, 0.25) is 0 Å². The Morgan fingerprint density at radius 1 is 0.871 bits per heavy atom. The van der Waals surface area contributed by atoms with Crippen LogP contribution in [0.3, 0.4) is 0 Å². The maximum absolute atomic E-state index is 13.3. The summed E-state index contributed by atoms with van der Waals surface area (Å²) >= 11 is 0. The maximum Gasteiger partial charge on any atom is 0.262 e. The lowest BCUT2D eigenvalue weighted by atomic mass is 10.0. The van der Waals surface area contributed by atoms with Crippen molar-refractivity contribution in [2.24, 2.45) is 0 Å². The molecule has 0 fully saturated rings. The molecule has 160 valence electrons. The third-order valence-corrected chi connectivity index (χ3v) is 7.43. The molecule has 0 saturated heterocycles. The number of carbonyl (C=O) groups is 1. The van der Waals surface area contributed by atoms with Gasteiger partial charge in [-0.15, -0.1) is 0 Å². The van der Waals surface area contributed by atoms with Crippen LogP contribution in [0.1, 0.15) is 32.6 Å². The number of anilines is 2. The van der Waals surface area contributed by atoms with Gasteiger partial charge in [-0.3, -0.25) is 9.52 Å². The van der Waals surface area contributed by atoms with Gasteiger partial charge in [0.15, 0.2) is 5.75 Å². The smallest absolute Gasteiger partial charge is 0.262 e. The summed E-state index contributed by atoms with van der Waals surface area (Å²) in [6.07, 6.45) is 0. The Kier molecular flexibility index (Phi) is 5.01. The average molecular weight is 437 g/mol. The van der Waals surface area contributed by atoms with Crippen LogP contribution in [0.25, 0.3) is 0 Å². The van der Waals surface area contributed by atoms with Crippen molar-refractivity contribution in [1.29, 1.82) is 0 Å². The average Bonchev–Trinajstić information content (AvgIpc) is 2.82. The monoisotopic (exact) mass is 436 g/mol. The molecular weight excluding hydrogens is 412 g/mol. The lowest BCUT2D eigenvalue weighted by Gasteiger charge is -2.18. The summed E-state index contributed by atoms with van der Waals surface area (Å²) in [6.45, 7) is 7.40. The molecule has 1 amide bonds. The Balaban J connectivity index is 1.76. The number of amides is 1. The number of nitrogens with zero attached hydrogens (tertiary/aromatic N) is 1. The van der Waals surface area contributed by atoms with Crippen LogP contribution < -0.4 is 14.4 Å². The van der Waals surface area contributed by atoms with Gasteiger partial charge in [0.05, 0.1) is 16.1 Å². The third-order valence-electron chi connectivity index (χ3n) is 5.78. The zero-order valence-corrected chi connectivity index (χ0v) is 18.9. The Labute approximate surface area is 182 Å². The molecule has 3 aromatic carbocycles. The first-order chi connectivity index (χ1) is 14.6. The molecule has 3 aromatic rings. The standard InChI is InChI=1S/C24H24N2O4S/c1-14-12-15(2)17(4)23(16(14)3)31(28,29)25-18-10-11-21-19(13-18)24(27)26(5)20-8-6-7-9-22(20)30-21/h6-13,25H,1-5H3. The fourth-order valence-corrected chi connectivity index (χ4v) is 5.54. The number of ether oxygens (including phenoxy) is 1. The zero-order chi connectivity index (χ0) is 22.5. The van der Waals surface area contributed by atoms with E-state index >= 15 is 0 Å². The second-order valence-corrected chi connectivity index (χ2v) is 9.46. The zero-order valence-electron chi connectivity index (χ0n) is 18.1. The van der Waals surface area contributed by atoms with Gasteiger partial charge in [0.1, 0.15) is 5.75 Å². The predicted molar refractivity (Wildman–Crippen MR) is 122 cm³/mol. The number of carbonyl (C=O) groups excluding carboxylic acids is 1. The molecule has 0 aliphatic carbocycles. The van der Waals surface area contributed by atoms with Crippen LogP contribution in [0, 0.1) is 27.7 Å². The number of hydrogen-bond donors (Lipinski definition) is 1. The first-order valence-corrected chi connectivity index (χ1v) is 11.4. The van der Waals surface area contributed by atoms with E-state index in [9.17, 15) is 13.2 Å². The number of sulfonamides is 1. The van der Waals surface area contributed by atoms with E-state index < -0.39 is 10.0 Å². The second kappa shape index (κ2) is 7.42.